The summed E-state index contributed by atoms with van der Waals surface area (Å²) in [7, 11) is 0. The number of amides is 1. The Morgan fingerprint density at radius 2 is 2.04 bits per heavy atom. The summed E-state index contributed by atoms with van der Waals surface area (Å²) in [6, 6.07) is 8.14. The summed E-state index contributed by atoms with van der Waals surface area (Å²) in [6.07, 6.45) is 0.926. The van der Waals surface area contributed by atoms with Crippen LogP contribution in [0.1, 0.15) is 39.1 Å². The number of carbonyl (C=O) groups is 1. The molecule has 8 heteroatoms. The van der Waals surface area contributed by atoms with Crippen LogP contribution in [0.25, 0.3) is 0 Å². The van der Waals surface area contributed by atoms with Gasteiger partial charge in [-0.25, -0.2) is 14.2 Å². The van der Waals surface area contributed by atoms with E-state index in [9.17, 15) is 14.4 Å². The fourth-order valence-electron chi connectivity index (χ4n) is 2.56. The number of halogens is 2. The molecule has 0 spiro atoms. The fourth-order valence-corrected chi connectivity index (χ4v) is 2.98. The van der Waals surface area contributed by atoms with Crippen molar-refractivity contribution in [2.45, 2.75) is 45.4 Å². The number of benzene rings is 1. The number of nitrogens with one attached hydrogen (secondary N) is 1. The van der Waals surface area contributed by atoms with Crippen LogP contribution in [0.5, 0.6) is 0 Å². The minimum absolute atomic E-state index is 0.0919. The third-order valence-electron chi connectivity index (χ3n) is 3.58. The molecular formula is C18H20BrFN4O2. The second kappa shape index (κ2) is 7.46. The topological polar surface area (TPSA) is 79.9 Å². The number of hydrogen-bond donors (Lipinski definition) is 1. The molecule has 0 saturated heterocycles. The van der Waals surface area contributed by atoms with Gasteiger partial charge in [0.1, 0.15) is 22.1 Å². The first-order valence-corrected chi connectivity index (χ1v) is 8.72. The van der Waals surface area contributed by atoms with Crippen LogP contribution in [-0.4, -0.2) is 21.2 Å². The number of hydrogen-bond acceptors (Lipinski definition) is 4. The molecule has 2 aromatic rings. The Balaban J connectivity index is 2.43. The number of ether oxygens (including phenoxy) is 1. The Kier molecular flexibility index (Phi) is 5.71. The third kappa shape index (κ3) is 4.82. The number of aromatic nitrogens is 2. The second-order valence-electron chi connectivity index (χ2n) is 7.07. The molecule has 1 unspecified atom stereocenters. The molecule has 0 aliphatic heterocycles. The van der Waals surface area contributed by atoms with Crippen molar-refractivity contribution in [1.29, 1.82) is 5.26 Å². The molecule has 138 valence electrons. The lowest BCUT2D eigenvalue weighted by Gasteiger charge is -2.33. The largest absolute Gasteiger partial charge is 0.444 e. The molecule has 1 aromatic carbocycles. The molecule has 2 rings (SSSR count). The van der Waals surface area contributed by atoms with Gasteiger partial charge in [0.2, 0.25) is 5.82 Å². The molecule has 1 atom stereocenters. The predicted octanol–water partition coefficient (Wildman–Crippen LogP) is 4.10. The van der Waals surface area contributed by atoms with E-state index in [1.807, 2.05) is 6.07 Å². The molecule has 0 bridgehead atoms. The maximum absolute atomic E-state index is 14.5. The van der Waals surface area contributed by atoms with E-state index in [0.29, 0.717) is 4.60 Å². The maximum Gasteiger partial charge on any atom is 0.408 e. The lowest BCUT2D eigenvalue weighted by atomic mass is 9.91. The monoisotopic (exact) mass is 422 g/mol. The van der Waals surface area contributed by atoms with Crippen LogP contribution in [0.4, 0.5) is 9.18 Å². The van der Waals surface area contributed by atoms with Gasteiger partial charge >= 0.3 is 6.09 Å². The van der Waals surface area contributed by atoms with Crippen molar-refractivity contribution < 1.29 is 13.9 Å². The van der Waals surface area contributed by atoms with E-state index in [4.69, 9.17) is 4.74 Å². The van der Waals surface area contributed by atoms with Gasteiger partial charge in [0.05, 0.1) is 12.1 Å². The average Bonchev–Trinajstić information content (AvgIpc) is 2.84. The van der Waals surface area contributed by atoms with Crippen molar-refractivity contribution >= 4 is 22.0 Å². The summed E-state index contributed by atoms with van der Waals surface area (Å²) in [5.41, 5.74) is -1.59. The first kappa shape index (κ1) is 19.9. The number of imidazole rings is 1. The molecular weight excluding hydrogens is 403 g/mol. The molecule has 1 N–H and O–H groups in total. The van der Waals surface area contributed by atoms with Crippen LogP contribution >= 0.6 is 15.9 Å². The van der Waals surface area contributed by atoms with Crippen molar-refractivity contribution in [3.63, 3.8) is 0 Å². The van der Waals surface area contributed by atoms with Crippen molar-refractivity contribution in [1.82, 2.24) is 14.9 Å². The van der Waals surface area contributed by atoms with E-state index in [2.05, 4.69) is 26.2 Å². The Morgan fingerprint density at radius 1 is 1.38 bits per heavy atom. The van der Waals surface area contributed by atoms with Crippen molar-refractivity contribution in [2.24, 2.45) is 0 Å². The zero-order valence-corrected chi connectivity index (χ0v) is 16.6. The lowest BCUT2D eigenvalue weighted by Crippen LogP contribution is -2.49. The van der Waals surface area contributed by atoms with Gasteiger partial charge in [0, 0.05) is 11.8 Å². The molecule has 1 aromatic heterocycles. The summed E-state index contributed by atoms with van der Waals surface area (Å²) in [6.45, 7) is 6.99. The summed E-state index contributed by atoms with van der Waals surface area (Å²) in [5, 5.41) is 12.0. The van der Waals surface area contributed by atoms with Gasteiger partial charge in [-0.1, -0.05) is 18.2 Å². The normalized spacial score (nSPS) is 13.6. The fraction of sp³-hybridized carbons (Fsp3) is 0.389. The average molecular weight is 423 g/mol. The first-order chi connectivity index (χ1) is 12.0. The minimum Gasteiger partial charge on any atom is -0.444 e. The van der Waals surface area contributed by atoms with Crippen molar-refractivity contribution in [3.8, 4) is 6.07 Å². The predicted molar refractivity (Wildman–Crippen MR) is 97.8 cm³/mol. The molecule has 26 heavy (non-hydrogen) atoms. The van der Waals surface area contributed by atoms with E-state index in [1.54, 1.807) is 56.7 Å². The number of rotatable bonds is 4. The van der Waals surface area contributed by atoms with Crippen LogP contribution in [0.15, 0.2) is 35.1 Å². The molecule has 0 aliphatic rings. The van der Waals surface area contributed by atoms with Crippen LogP contribution < -0.4 is 5.32 Å². The van der Waals surface area contributed by atoms with E-state index in [-0.39, 0.29) is 17.9 Å². The zero-order valence-electron chi connectivity index (χ0n) is 15.0. The SMILES string of the molecule is CC(C)(C)OC(=O)NC(C)(Cn1cc(Br)nc1C#N)c1ccccc1F. The van der Waals surface area contributed by atoms with E-state index in [0.717, 1.165) is 0 Å². The molecule has 6 nitrogen and oxygen atoms in total. The number of nitriles is 1. The molecule has 1 amide bonds. The van der Waals surface area contributed by atoms with Gasteiger partial charge in [-0.05, 0) is 49.7 Å². The van der Waals surface area contributed by atoms with Crippen molar-refractivity contribution in [2.75, 3.05) is 0 Å². The van der Waals surface area contributed by atoms with Gasteiger partial charge in [0.15, 0.2) is 0 Å². The Morgan fingerprint density at radius 3 is 2.62 bits per heavy atom. The molecule has 1 heterocycles. The summed E-state index contributed by atoms with van der Waals surface area (Å²) in [4.78, 5) is 16.4. The highest BCUT2D eigenvalue weighted by Crippen LogP contribution is 2.27. The lowest BCUT2D eigenvalue weighted by molar-refractivity contribution is 0.0448. The Labute approximate surface area is 160 Å². The van der Waals surface area contributed by atoms with Gasteiger partial charge in [-0.3, -0.25) is 0 Å². The number of carbonyl (C=O) groups excluding carboxylic acids is 1. The smallest absolute Gasteiger partial charge is 0.408 e. The Hall–Kier alpha value is -2.40. The van der Waals surface area contributed by atoms with Crippen LogP contribution in [-0.2, 0) is 16.8 Å². The van der Waals surface area contributed by atoms with Gasteiger partial charge < -0.3 is 14.6 Å². The van der Waals surface area contributed by atoms with E-state index in [1.165, 1.54) is 6.07 Å². The van der Waals surface area contributed by atoms with Crippen molar-refractivity contribution in [3.05, 3.63) is 52.3 Å². The minimum atomic E-state index is -1.17. The molecule has 0 fully saturated rings. The van der Waals surface area contributed by atoms with E-state index >= 15 is 0 Å². The van der Waals surface area contributed by atoms with Crippen LogP contribution in [0, 0.1) is 17.1 Å². The van der Waals surface area contributed by atoms with Gasteiger partial charge in [-0.15, -0.1) is 0 Å². The third-order valence-corrected chi connectivity index (χ3v) is 3.96. The highest BCUT2D eigenvalue weighted by atomic mass is 79.9. The van der Waals surface area contributed by atoms with Gasteiger partial charge in [0.25, 0.3) is 0 Å². The van der Waals surface area contributed by atoms with Gasteiger partial charge in [-0.2, -0.15) is 5.26 Å². The quantitative estimate of drug-likeness (QED) is 0.803. The second-order valence-corrected chi connectivity index (χ2v) is 7.88. The van der Waals surface area contributed by atoms with Crippen LogP contribution in [0.3, 0.4) is 0 Å². The molecule has 0 radical (unpaired) electrons. The standard InChI is InChI=1S/C18H20BrFN4O2/c1-17(2,3)26-16(25)23-18(4,12-7-5-6-8-13(12)20)11-24-10-14(19)22-15(24)9-21/h5-8,10H,11H2,1-4H3,(H,23,25). The zero-order chi connectivity index (χ0) is 19.5. The maximum atomic E-state index is 14.5. The summed E-state index contributed by atoms with van der Waals surface area (Å²) in [5.74, 6) is -0.325. The highest BCUT2D eigenvalue weighted by molar-refractivity contribution is 9.10. The highest BCUT2D eigenvalue weighted by Gasteiger charge is 2.34. The Bertz CT molecular complexity index is 854. The van der Waals surface area contributed by atoms with E-state index < -0.39 is 23.1 Å². The molecule has 0 saturated carbocycles. The number of nitrogens with zero attached hydrogens (tertiary/aromatic N) is 3. The molecule has 0 aliphatic carbocycles. The van der Waals surface area contributed by atoms with Crippen LogP contribution in [0.2, 0.25) is 0 Å². The summed E-state index contributed by atoms with van der Waals surface area (Å²) >= 11 is 3.22. The number of alkyl carbamates (subject to hydrolysis) is 1. The summed E-state index contributed by atoms with van der Waals surface area (Å²) < 4.78 is 21.8. The first-order valence-electron chi connectivity index (χ1n) is 7.93.